The third-order valence-electron chi connectivity index (χ3n) is 5.00. The van der Waals surface area contributed by atoms with Crippen LogP contribution in [0.4, 0.5) is 0 Å². The Balaban J connectivity index is 0.00000180. The van der Waals surface area contributed by atoms with E-state index in [0.717, 1.165) is 48.7 Å². The number of rotatable bonds is 3. The Kier molecular flexibility index (Phi) is 4.63. The second kappa shape index (κ2) is 6.71. The van der Waals surface area contributed by atoms with Gasteiger partial charge in [-0.05, 0) is 48.7 Å². The van der Waals surface area contributed by atoms with Crippen molar-refractivity contribution in [3.05, 3.63) is 72.3 Å². The topological polar surface area (TPSA) is 63.6 Å². The van der Waals surface area contributed by atoms with Crippen molar-refractivity contribution in [1.82, 2.24) is 0 Å². The van der Waals surface area contributed by atoms with Gasteiger partial charge in [0.05, 0.1) is 6.61 Å². The van der Waals surface area contributed by atoms with E-state index < -0.39 is 10.4 Å². The molecule has 0 unspecified atom stereocenters. The summed E-state index contributed by atoms with van der Waals surface area (Å²) in [6.07, 6.45) is 0. The number of fused-ring (bicyclic) bond motifs is 2. The van der Waals surface area contributed by atoms with Crippen LogP contribution < -0.4 is 29.6 Å². The molecule has 0 aliphatic carbocycles. The normalized spacial score (nSPS) is 12.2. The summed E-state index contributed by atoms with van der Waals surface area (Å²) in [4.78, 5) is 0. The smallest absolute Gasteiger partial charge is 0.264 e. The molecule has 27 heavy (non-hydrogen) atoms. The average Bonchev–Trinajstić information content (AvgIpc) is 2.64. The van der Waals surface area contributed by atoms with Crippen LogP contribution in [0, 0.1) is 0 Å². The maximum Gasteiger partial charge on any atom is 1.00 e. The molecule has 5 rings (SSSR count). The van der Waals surface area contributed by atoms with Crippen LogP contribution in [0.1, 0.15) is 5.56 Å². The molecule has 0 amide bonds. The van der Waals surface area contributed by atoms with Gasteiger partial charge in [-0.25, -0.2) is 4.18 Å². The summed E-state index contributed by atoms with van der Waals surface area (Å²) < 4.78 is 36.1. The first-order valence-corrected chi connectivity index (χ1v) is 9.58. The summed E-state index contributed by atoms with van der Waals surface area (Å²) in [5, 5.41) is 8.53. The van der Waals surface area contributed by atoms with Crippen LogP contribution in [0.3, 0.4) is 0 Å². The zero-order valence-electron chi connectivity index (χ0n) is 14.6. The maximum atomic E-state index is 11.1. The molecule has 4 nitrogen and oxygen atoms in total. The SMILES string of the molecule is O=S(=O)(O)OCc1c2ccccc2c2ccc3cccc4ccc1c2c43.[Na+]. The Morgan fingerprint density at radius 2 is 1.33 bits per heavy atom. The zero-order chi connectivity index (χ0) is 17.9. The fraction of sp³-hybridized carbons (Fsp3) is 0.0476. The molecule has 0 bridgehead atoms. The largest absolute Gasteiger partial charge is 1.00 e. The van der Waals surface area contributed by atoms with E-state index in [2.05, 4.69) is 24.3 Å². The van der Waals surface area contributed by atoms with Gasteiger partial charge in [-0.15, -0.1) is 0 Å². The van der Waals surface area contributed by atoms with Gasteiger partial charge in [0.1, 0.15) is 0 Å². The molecule has 5 aromatic rings. The number of benzene rings is 5. The van der Waals surface area contributed by atoms with Gasteiger partial charge < -0.3 is 0 Å². The van der Waals surface area contributed by atoms with E-state index in [1.807, 2.05) is 42.5 Å². The quantitative estimate of drug-likeness (QED) is 0.224. The Morgan fingerprint density at radius 1 is 0.704 bits per heavy atom. The van der Waals surface area contributed by atoms with Crippen molar-refractivity contribution >= 4 is 53.5 Å². The average molecular weight is 385 g/mol. The molecule has 5 aromatic carbocycles. The molecule has 0 saturated carbocycles. The first-order valence-electron chi connectivity index (χ1n) is 8.22. The summed E-state index contributed by atoms with van der Waals surface area (Å²) in [7, 11) is -4.52. The van der Waals surface area contributed by atoms with E-state index >= 15 is 0 Å². The van der Waals surface area contributed by atoms with Crippen molar-refractivity contribution in [2.45, 2.75) is 6.61 Å². The summed E-state index contributed by atoms with van der Waals surface area (Å²) in [6.45, 7) is -0.215. The van der Waals surface area contributed by atoms with Crippen molar-refractivity contribution in [2.75, 3.05) is 0 Å². The van der Waals surface area contributed by atoms with Gasteiger partial charge in [0.2, 0.25) is 0 Å². The van der Waals surface area contributed by atoms with Gasteiger partial charge in [-0.1, -0.05) is 66.7 Å². The third kappa shape index (κ3) is 3.01. The minimum absolute atomic E-state index is 0. The molecule has 0 fully saturated rings. The molecule has 0 heterocycles. The molecule has 6 heteroatoms. The van der Waals surface area contributed by atoms with E-state index in [0.29, 0.717) is 0 Å². The molecule has 128 valence electrons. The molecule has 0 saturated heterocycles. The van der Waals surface area contributed by atoms with Crippen LogP contribution >= 0.6 is 0 Å². The van der Waals surface area contributed by atoms with Crippen molar-refractivity contribution in [1.29, 1.82) is 0 Å². The van der Waals surface area contributed by atoms with E-state index in [9.17, 15) is 8.42 Å². The fourth-order valence-electron chi connectivity index (χ4n) is 3.97. The monoisotopic (exact) mass is 385 g/mol. The van der Waals surface area contributed by atoms with Crippen LogP contribution in [0.2, 0.25) is 0 Å². The van der Waals surface area contributed by atoms with Crippen molar-refractivity contribution in [3.63, 3.8) is 0 Å². The minimum Gasteiger partial charge on any atom is -0.264 e. The molecule has 0 aliphatic rings. The van der Waals surface area contributed by atoms with Gasteiger partial charge >= 0.3 is 40.0 Å². The predicted octanol–water partition coefficient (Wildman–Crippen LogP) is 2.06. The van der Waals surface area contributed by atoms with Gasteiger partial charge in [0.25, 0.3) is 0 Å². The van der Waals surface area contributed by atoms with E-state index in [-0.39, 0.29) is 36.2 Å². The Labute approximate surface area is 178 Å². The van der Waals surface area contributed by atoms with E-state index in [1.165, 1.54) is 0 Å². The zero-order valence-corrected chi connectivity index (χ0v) is 17.5. The maximum absolute atomic E-state index is 11.1. The second-order valence-electron chi connectivity index (χ2n) is 6.39. The Morgan fingerprint density at radius 3 is 2.00 bits per heavy atom. The molecular formula is C21H14NaO4S+. The fourth-order valence-corrected chi connectivity index (χ4v) is 4.24. The molecular weight excluding hydrogens is 371 g/mol. The summed E-state index contributed by atoms with van der Waals surface area (Å²) in [5.74, 6) is 0. The number of hydrogen-bond acceptors (Lipinski definition) is 3. The molecule has 0 aromatic heterocycles. The van der Waals surface area contributed by atoms with Crippen LogP contribution in [-0.4, -0.2) is 13.0 Å². The number of hydrogen-bond donors (Lipinski definition) is 1. The summed E-state index contributed by atoms with van der Waals surface area (Å²) in [5.41, 5.74) is 0.754. The second-order valence-corrected chi connectivity index (χ2v) is 7.49. The van der Waals surface area contributed by atoms with Crippen molar-refractivity contribution in [2.24, 2.45) is 0 Å². The van der Waals surface area contributed by atoms with Gasteiger partial charge in [0.15, 0.2) is 0 Å². The minimum atomic E-state index is -4.52. The van der Waals surface area contributed by atoms with Gasteiger partial charge in [0, 0.05) is 0 Å². The Bertz CT molecular complexity index is 1390. The summed E-state index contributed by atoms with van der Waals surface area (Å²) >= 11 is 0. The van der Waals surface area contributed by atoms with E-state index in [1.54, 1.807) is 0 Å². The molecule has 1 N–H and O–H groups in total. The predicted molar refractivity (Wildman–Crippen MR) is 104 cm³/mol. The molecule has 0 spiro atoms. The standard InChI is InChI=1S/C21H14O4S.Na/c22-26(23,24)25-12-19-16-7-2-1-6-15(16)17-10-8-13-4-3-5-14-9-11-18(19)21(17)20(13)14;/h1-11H,12H2,(H,22,23,24);/q;+1. The van der Waals surface area contributed by atoms with Crippen LogP contribution in [0.25, 0.3) is 43.1 Å². The van der Waals surface area contributed by atoms with Gasteiger partial charge in [-0.2, -0.15) is 8.42 Å². The molecule has 0 atom stereocenters. The van der Waals surface area contributed by atoms with Crippen LogP contribution in [0.15, 0.2) is 66.7 Å². The molecule has 0 aliphatic heterocycles. The van der Waals surface area contributed by atoms with Crippen LogP contribution in [0.5, 0.6) is 0 Å². The first-order chi connectivity index (χ1) is 12.5. The van der Waals surface area contributed by atoms with Crippen molar-refractivity contribution in [3.8, 4) is 0 Å². The van der Waals surface area contributed by atoms with Crippen LogP contribution in [-0.2, 0) is 21.2 Å². The molecule has 0 radical (unpaired) electrons. The van der Waals surface area contributed by atoms with Gasteiger partial charge in [-0.3, -0.25) is 4.55 Å². The summed E-state index contributed by atoms with van der Waals surface area (Å²) in [6, 6.07) is 22.3. The third-order valence-corrected chi connectivity index (χ3v) is 5.41. The first kappa shape index (κ1) is 18.6. The van der Waals surface area contributed by atoms with Crippen molar-refractivity contribution < 1.29 is 46.7 Å². The van der Waals surface area contributed by atoms with E-state index in [4.69, 9.17) is 8.74 Å². The Hall–Kier alpha value is -1.73.